The van der Waals surface area contributed by atoms with Crippen LogP contribution in [0.25, 0.3) is 16.8 Å². The van der Waals surface area contributed by atoms with Crippen LogP contribution in [0.5, 0.6) is 11.5 Å². The van der Waals surface area contributed by atoms with E-state index in [-0.39, 0.29) is 22.8 Å². The van der Waals surface area contributed by atoms with Crippen molar-refractivity contribution in [3.05, 3.63) is 76.0 Å². The number of ether oxygens (including phenoxy) is 2. The number of methoxy groups -OCH3 is 2. The number of thiophene rings is 1. The van der Waals surface area contributed by atoms with Crippen molar-refractivity contribution in [2.24, 2.45) is 0 Å². The van der Waals surface area contributed by atoms with Gasteiger partial charge in [-0.25, -0.2) is 4.98 Å². The van der Waals surface area contributed by atoms with Crippen LogP contribution in [0.2, 0.25) is 0 Å². The summed E-state index contributed by atoms with van der Waals surface area (Å²) in [6.07, 6.45) is 0. The van der Waals surface area contributed by atoms with E-state index in [4.69, 9.17) is 9.47 Å². The second-order valence-corrected chi connectivity index (χ2v) is 8.31. The molecule has 2 aromatic carbocycles. The number of aliphatic hydroxyl groups excluding tert-OH is 1. The molecule has 1 aliphatic rings. The third kappa shape index (κ3) is 3.33. The summed E-state index contributed by atoms with van der Waals surface area (Å²) < 4.78 is 10.7. The van der Waals surface area contributed by atoms with E-state index in [0.717, 1.165) is 5.52 Å². The summed E-state index contributed by atoms with van der Waals surface area (Å²) in [5, 5.41) is 13.2. The third-order valence-corrected chi connectivity index (χ3v) is 6.45. The third-order valence-electron chi connectivity index (χ3n) is 5.52. The topological polar surface area (TPSA) is 105 Å². The number of anilines is 1. The maximum atomic E-state index is 13.3. The van der Waals surface area contributed by atoms with E-state index >= 15 is 0 Å². The summed E-state index contributed by atoms with van der Waals surface area (Å²) in [5.41, 5.74) is 1.60. The van der Waals surface area contributed by atoms with Crippen molar-refractivity contribution in [1.29, 1.82) is 0 Å². The molecule has 8 nitrogen and oxygen atoms in total. The quantitative estimate of drug-likeness (QED) is 0.261. The first-order valence-corrected chi connectivity index (χ1v) is 10.9. The van der Waals surface area contributed by atoms with E-state index in [2.05, 4.69) is 9.97 Å². The molecule has 1 fully saturated rings. The van der Waals surface area contributed by atoms with Gasteiger partial charge < -0.3 is 19.6 Å². The van der Waals surface area contributed by atoms with Crippen molar-refractivity contribution in [2.75, 3.05) is 19.1 Å². The minimum Gasteiger partial charge on any atom is -0.507 e. The van der Waals surface area contributed by atoms with Crippen LogP contribution in [0.4, 0.5) is 5.95 Å². The number of carbonyl (C=O) groups is 2. The van der Waals surface area contributed by atoms with Gasteiger partial charge in [-0.3, -0.25) is 14.5 Å². The monoisotopic (exact) mass is 461 g/mol. The Balaban J connectivity index is 1.74. The Bertz CT molecular complexity index is 1370. The largest absolute Gasteiger partial charge is 0.507 e. The van der Waals surface area contributed by atoms with E-state index in [1.807, 2.05) is 41.8 Å². The van der Waals surface area contributed by atoms with Gasteiger partial charge in [-0.15, -0.1) is 11.3 Å². The molecule has 1 unspecified atom stereocenters. The average molecular weight is 461 g/mol. The van der Waals surface area contributed by atoms with E-state index in [9.17, 15) is 14.7 Å². The molecule has 2 aromatic heterocycles. The zero-order valence-electron chi connectivity index (χ0n) is 17.7. The zero-order valence-corrected chi connectivity index (χ0v) is 18.6. The minimum absolute atomic E-state index is 0.0468. The number of aromatic nitrogens is 2. The number of ketones is 1. The summed E-state index contributed by atoms with van der Waals surface area (Å²) in [5.74, 6) is -0.897. The van der Waals surface area contributed by atoms with Crippen LogP contribution in [0.1, 0.15) is 16.5 Å². The first-order chi connectivity index (χ1) is 16.0. The lowest BCUT2D eigenvalue weighted by atomic mass is 9.99. The predicted molar refractivity (Wildman–Crippen MR) is 125 cm³/mol. The summed E-state index contributed by atoms with van der Waals surface area (Å²) in [6.45, 7) is 0. The summed E-state index contributed by atoms with van der Waals surface area (Å²) in [6, 6.07) is 15.0. The van der Waals surface area contributed by atoms with Crippen molar-refractivity contribution in [3.63, 3.8) is 0 Å². The van der Waals surface area contributed by atoms with Crippen LogP contribution < -0.4 is 14.4 Å². The van der Waals surface area contributed by atoms with Crippen LogP contribution in [0.15, 0.2) is 65.6 Å². The Hall–Kier alpha value is -4.11. The van der Waals surface area contributed by atoms with E-state index in [0.29, 0.717) is 21.9 Å². The molecule has 2 N–H and O–H groups in total. The molecule has 33 heavy (non-hydrogen) atoms. The molecule has 0 bridgehead atoms. The normalized spacial score (nSPS) is 17.6. The highest BCUT2D eigenvalue weighted by Crippen LogP contribution is 2.44. The number of aromatic amines is 1. The van der Waals surface area contributed by atoms with Crippen LogP contribution in [-0.2, 0) is 9.59 Å². The number of rotatable bonds is 5. The van der Waals surface area contributed by atoms with Crippen molar-refractivity contribution >= 4 is 45.8 Å². The van der Waals surface area contributed by atoms with Crippen molar-refractivity contribution in [3.8, 4) is 11.5 Å². The Morgan fingerprint density at radius 3 is 2.61 bits per heavy atom. The van der Waals surface area contributed by atoms with Crippen molar-refractivity contribution in [2.45, 2.75) is 6.04 Å². The molecule has 3 heterocycles. The van der Waals surface area contributed by atoms with Gasteiger partial charge in [0, 0.05) is 4.88 Å². The Labute approximate surface area is 192 Å². The number of Topliss-reactive ketones (excluding diaryl/α,β-unsaturated/α-hetero) is 1. The van der Waals surface area contributed by atoms with Crippen molar-refractivity contribution < 1.29 is 24.2 Å². The molecule has 166 valence electrons. The van der Waals surface area contributed by atoms with E-state index < -0.39 is 17.7 Å². The van der Waals surface area contributed by atoms with Gasteiger partial charge in [-0.1, -0.05) is 18.2 Å². The number of carbonyl (C=O) groups excluding carboxylic acids is 2. The first kappa shape index (κ1) is 20.8. The smallest absolute Gasteiger partial charge is 0.302 e. The van der Waals surface area contributed by atoms with Gasteiger partial charge in [-0.05, 0) is 41.8 Å². The zero-order chi connectivity index (χ0) is 23.1. The number of fused-ring (bicyclic) bond motifs is 1. The predicted octanol–water partition coefficient (Wildman–Crippen LogP) is 4.27. The molecular weight excluding hydrogens is 442 g/mol. The maximum absolute atomic E-state index is 13.3. The number of nitrogens with zero attached hydrogens (tertiary/aromatic N) is 2. The maximum Gasteiger partial charge on any atom is 0.302 e. The Kier molecular flexibility index (Phi) is 5.10. The van der Waals surface area contributed by atoms with Crippen LogP contribution in [0.3, 0.4) is 0 Å². The lowest BCUT2D eigenvalue weighted by molar-refractivity contribution is -0.132. The van der Waals surface area contributed by atoms with E-state index in [1.54, 1.807) is 18.2 Å². The Morgan fingerprint density at radius 2 is 1.91 bits per heavy atom. The van der Waals surface area contributed by atoms with Gasteiger partial charge in [0.15, 0.2) is 0 Å². The number of nitrogens with one attached hydrogen (secondary N) is 1. The molecule has 9 heteroatoms. The summed E-state index contributed by atoms with van der Waals surface area (Å²) >= 11 is 1.37. The molecule has 1 atom stereocenters. The number of aliphatic hydroxyl groups is 1. The average Bonchev–Trinajstić information content (AvgIpc) is 3.56. The standard InChI is InChI=1S/C24H19N3O5S/c1-31-13-9-10-17(32-2)14(12-13)21(28)19-20(18-8-5-11-33-18)27(23(30)22(19)29)24-25-15-6-3-4-7-16(15)26-24/h3-12,20,28H,1-2H3,(H,25,26)/b21-19+. The van der Waals surface area contributed by atoms with Crippen molar-refractivity contribution in [1.82, 2.24) is 9.97 Å². The highest BCUT2D eigenvalue weighted by atomic mass is 32.1. The van der Waals surface area contributed by atoms with Gasteiger partial charge in [0.25, 0.3) is 5.78 Å². The molecule has 1 aliphatic heterocycles. The second-order valence-electron chi connectivity index (χ2n) is 7.33. The molecule has 0 radical (unpaired) electrons. The molecule has 4 aromatic rings. The number of amides is 1. The Morgan fingerprint density at radius 1 is 1.09 bits per heavy atom. The highest BCUT2D eigenvalue weighted by molar-refractivity contribution is 7.10. The van der Waals surface area contributed by atoms with Gasteiger partial charge in [0.05, 0.1) is 36.4 Å². The van der Waals surface area contributed by atoms with Gasteiger partial charge in [-0.2, -0.15) is 0 Å². The SMILES string of the molecule is COc1ccc(OC)c(/C(O)=C2\C(=O)C(=O)N(c3nc4ccccc4[nH]3)C2c2cccs2)c1. The molecule has 1 saturated heterocycles. The molecule has 0 spiro atoms. The fourth-order valence-electron chi connectivity index (χ4n) is 3.96. The van der Waals surface area contributed by atoms with E-state index in [1.165, 1.54) is 30.5 Å². The molecule has 5 rings (SSSR count). The van der Waals surface area contributed by atoms with Crippen LogP contribution >= 0.6 is 11.3 Å². The van der Waals surface area contributed by atoms with Gasteiger partial charge in [0.2, 0.25) is 5.95 Å². The number of para-hydroxylation sites is 2. The minimum atomic E-state index is -0.860. The lowest BCUT2D eigenvalue weighted by Gasteiger charge is -2.21. The second kappa shape index (κ2) is 8.10. The fraction of sp³-hybridized carbons (Fsp3) is 0.125. The molecule has 0 saturated carbocycles. The fourth-order valence-corrected chi connectivity index (χ4v) is 4.79. The molecule has 1 amide bonds. The molecule has 0 aliphatic carbocycles. The summed E-state index contributed by atoms with van der Waals surface area (Å²) in [7, 11) is 2.96. The first-order valence-electron chi connectivity index (χ1n) is 10.0. The van der Waals surface area contributed by atoms with Gasteiger partial charge >= 0.3 is 5.91 Å². The number of hydrogen-bond donors (Lipinski definition) is 2. The number of hydrogen-bond acceptors (Lipinski definition) is 7. The number of H-pyrrole nitrogens is 1. The lowest BCUT2D eigenvalue weighted by Crippen LogP contribution is -2.30. The molecular formula is C24H19N3O5S. The number of benzene rings is 2. The van der Waals surface area contributed by atoms with Gasteiger partial charge in [0.1, 0.15) is 23.3 Å². The van der Waals surface area contributed by atoms with Crippen LogP contribution in [0, 0.1) is 0 Å². The van der Waals surface area contributed by atoms with Crippen LogP contribution in [-0.4, -0.2) is 41.0 Å². The highest BCUT2D eigenvalue weighted by Gasteiger charge is 2.48. The number of imidazole rings is 1. The summed E-state index contributed by atoms with van der Waals surface area (Å²) in [4.78, 5) is 36.1.